The van der Waals surface area contributed by atoms with E-state index in [0.717, 1.165) is 0 Å². The Bertz CT molecular complexity index is 382. The Morgan fingerprint density at radius 3 is 2.38 bits per heavy atom. The lowest BCUT2D eigenvalue weighted by molar-refractivity contribution is 0.0572. The van der Waals surface area contributed by atoms with Crippen molar-refractivity contribution in [3.05, 3.63) is 23.9 Å². The van der Waals surface area contributed by atoms with Crippen molar-refractivity contribution >= 4 is 11.8 Å². The summed E-state index contributed by atoms with van der Waals surface area (Å²) in [6, 6.07) is 3.01. The van der Waals surface area contributed by atoms with E-state index in [2.05, 4.69) is 4.98 Å². The molecule has 6 heteroatoms. The molecular formula is C10H12N2O4. The van der Waals surface area contributed by atoms with Gasteiger partial charge in [-0.2, -0.15) is 0 Å². The van der Waals surface area contributed by atoms with Crippen LogP contribution in [0.15, 0.2) is 18.3 Å². The van der Waals surface area contributed by atoms with Crippen LogP contribution in [0, 0.1) is 0 Å². The maximum atomic E-state index is 10.6. The molecule has 0 amide bonds. The first-order chi connectivity index (χ1) is 7.58. The number of aliphatic hydroxyl groups excluding tert-OH is 2. The molecule has 1 fully saturated rings. The average Bonchev–Trinajstić information content (AvgIpc) is 2.59. The first-order valence-corrected chi connectivity index (χ1v) is 4.88. The van der Waals surface area contributed by atoms with Crippen molar-refractivity contribution < 1.29 is 20.1 Å². The average molecular weight is 224 g/mol. The predicted molar refractivity (Wildman–Crippen MR) is 55.4 cm³/mol. The maximum absolute atomic E-state index is 10.6. The van der Waals surface area contributed by atoms with Gasteiger partial charge in [-0.1, -0.05) is 0 Å². The quantitative estimate of drug-likeness (QED) is 0.616. The number of carbonyl (C=O) groups is 1. The lowest BCUT2D eigenvalue weighted by Crippen LogP contribution is -2.22. The van der Waals surface area contributed by atoms with Gasteiger partial charge >= 0.3 is 5.97 Å². The molecule has 16 heavy (non-hydrogen) atoms. The number of aliphatic hydroxyl groups is 2. The number of nitrogens with zero attached hydrogens (tertiary/aromatic N) is 2. The molecule has 6 nitrogen and oxygen atoms in total. The minimum Gasteiger partial charge on any atom is -0.478 e. The smallest absolute Gasteiger partial charge is 0.337 e. The summed E-state index contributed by atoms with van der Waals surface area (Å²) >= 11 is 0. The molecule has 0 bridgehead atoms. The Morgan fingerprint density at radius 2 is 1.94 bits per heavy atom. The summed E-state index contributed by atoms with van der Waals surface area (Å²) in [5.74, 6) is -0.471. The molecule has 2 heterocycles. The Hall–Kier alpha value is -1.66. The minimum absolute atomic E-state index is 0.115. The minimum atomic E-state index is -1.03. The molecule has 0 aliphatic carbocycles. The van der Waals surface area contributed by atoms with Crippen LogP contribution in [0.5, 0.6) is 0 Å². The highest BCUT2D eigenvalue weighted by atomic mass is 16.4. The van der Waals surface area contributed by atoms with Crippen molar-refractivity contribution in [2.24, 2.45) is 0 Å². The first kappa shape index (κ1) is 10.8. The van der Waals surface area contributed by atoms with Crippen molar-refractivity contribution in [2.45, 2.75) is 12.2 Å². The van der Waals surface area contributed by atoms with Gasteiger partial charge in [-0.3, -0.25) is 0 Å². The Labute approximate surface area is 91.8 Å². The predicted octanol–water partition coefficient (Wildman–Crippen LogP) is -0.678. The SMILES string of the molecule is O=C(O)c1ccc(N2CC(O)C(O)C2)nc1. The highest BCUT2D eigenvalue weighted by molar-refractivity contribution is 5.87. The summed E-state index contributed by atoms with van der Waals surface area (Å²) in [4.78, 5) is 16.3. The molecular weight excluding hydrogens is 212 g/mol. The summed E-state index contributed by atoms with van der Waals surface area (Å²) in [5, 5.41) is 27.4. The summed E-state index contributed by atoms with van der Waals surface area (Å²) < 4.78 is 0. The van der Waals surface area contributed by atoms with Gasteiger partial charge in [-0.25, -0.2) is 9.78 Å². The van der Waals surface area contributed by atoms with E-state index in [-0.39, 0.29) is 5.56 Å². The normalized spacial score (nSPS) is 24.8. The summed E-state index contributed by atoms with van der Waals surface area (Å²) in [6.07, 6.45) is -0.295. The van der Waals surface area contributed by atoms with Crippen molar-refractivity contribution in [2.75, 3.05) is 18.0 Å². The molecule has 1 aromatic heterocycles. The van der Waals surface area contributed by atoms with E-state index in [1.165, 1.54) is 12.3 Å². The van der Waals surface area contributed by atoms with Gasteiger partial charge in [0, 0.05) is 19.3 Å². The fourth-order valence-electron chi connectivity index (χ4n) is 1.66. The molecule has 1 aliphatic rings. The van der Waals surface area contributed by atoms with Crippen LogP contribution in [0.2, 0.25) is 0 Å². The molecule has 1 aromatic rings. The number of β-amino-alcohol motifs (C(OH)–C–C–N with tert-alkyl or cyclic N) is 2. The third-order valence-electron chi connectivity index (χ3n) is 2.58. The largest absolute Gasteiger partial charge is 0.478 e. The van der Waals surface area contributed by atoms with Crippen LogP contribution in [0.4, 0.5) is 5.82 Å². The molecule has 1 saturated heterocycles. The fourth-order valence-corrected chi connectivity index (χ4v) is 1.66. The molecule has 2 unspecified atom stereocenters. The van der Waals surface area contributed by atoms with Gasteiger partial charge in [0.15, 0.2) is 0 Å². The number of anilines is 1. The van der Waals surface area contributed by atoms with E-state index in [1.807, 2.05) is 0 Å². The first-order valence-electron chi connectivity index (χ1n) is 4.88. The molecule has 0 saturated carbocycles. The van der Waals surface area contributed by atoms with Gasteiger partial charge < -0.3 is 20.2 Å². The van der Waals surface area contributed by atoms with Gasteiger partial charge in [-0.05, 0) is 12.1 Å². The van der Waals surface area contributed by atoms with E-state index in [1.54, 1.807) is 11.0 Å². The molecule has 1 aliphatic heterocycles. The fraction of sp³-hybridized carbons (Fsp3) is 0.400. The van der Waals surface area contributed by atoms with Crippen LogP contribution >= 0.6 is 0 Å². The molecule has 0 radical (unpaired) electrons. The second-order valence-corrected chi connectivity index (χ2v) is 3.75. The number of aromatic carboxylic acids is 1. The number of hydrogen-bond donors (Lipinski definition) is 3. The Kier molecular flexibility index (Phi) is 2.76. The lowest BCUT2D eigenvalue weighted by atomic mass is 10.3. The van der Waals surface area contributed by atoms with Crippen LogP contribution in [-0.2, 0) is 0 Å². The van der Waals surface area contributed by atoms with Crippen molar-refractivity contribution in [3.63, 3.8) is 0 Å². The number of carboxylic acid groups (broad SMARTS) is 1. The number of hydrogen-bond acceptors (Lipinski definition) is 5. The van der Waals surface area contributed by atoms with Gasteiger partial charge in [0.2, 0.25) is 0 Å². The highest BCUT2D eigenvalue weighted by Gasteiger charge is 2.30. The highest BCUT2D eigenvalue weighted by Crippen LogP contribution is 2.18. The third kappa shape index (κ3) is 1.98. The van der Waals surface area contributed by atoms with E-state index < -0.39 is 18.2 Å². The molecule has 3 N–H and O–H groups in total. The van der Waals surface area contributed by atoms with Gasteiger partial charge in [0.25, 0.3) is 0 Å². The zero-order chi connectivity index (χ0) is 11.7. The van der Waals surface area contributed by atoms with E-state index in [0.29, 0.717) is 18.9 Å². The molecule has 2 atom stereocenters. The Morgan fingerprint density at radius 1 is 1.31 bits per heavy atom. The van der Waals surface area contributed by atoms with Gasteiger partial charge in [0.05, 0.1) is 17.8 Å². The van der Waals surface area contributed by atoms with Crippen molar-refractivity contribution in [1.29, 1.82) is 0 Å². The zero-order valence-corrected chi connectivity index (χ0v) is 8.45. The van der Waals surface area contributed by atoms with Crippen LogP contribution in [0.25, 0.3) is 0 Å². The van der Waals surface area contributed by atoms with Crippen LogP contribution in [-0.4, -0.2) is 51.6 Å². The summed E-state index contributed by atoms with van der Waals surface area (Å²) in [7, 11) is 0. The van der Waals surface area contributed by atoms with Gasteiger partial charge in [0.1, 0.15) is 5.82 Å². The second kappa shape index (κ2) is 4.07. The van der Waals surface area contributed by atoms with Crippen LogP contribution in [0.3, 0.4) is 0 Å². The number of aromatic nitrogens is 1. The topological polar surface area (TPSA) is 93.9 Å². The van der Waals surface area contributed by atoms with E-state index in [9.17, 15) is 15.0 Å². The van der Waals surface area contributed by atoms with Crippen molar-refractivity contribution in [3.8, 4) is 0 Å². The molecule has 86 valence electrons. The summed E-state index contributed by atoms with van der Waals surface area (Å²) in [6.45, 7) is 0.612. The monoisotopic (exact) mass is 224 g/mol. The van der Waals surface area contributed by atoms with Gasteiger partial charge in [-0.15, -0.1) is 0 Å². The zero-order valence-electron chi connectivity index (χ0n) is 8.45. The molecule has 2 rings (SSSR count). The van der Waals surface area contributed by atoms with Crippen molar-refractivity contribution in [1.82, 2.24) is 4.98 Å². The standard InChI is InChI=1S/C10H12N2O4/c13-7-4-12(5-8(7)14)9-2-1-6(3-11-9)10(15)16/h1-3,7-8,13-14H,4-5H2,(H,15,16). The molecule has 0 spiro atoms. The second-order valence-electron chi connectivity index (χ2n) is 3.75. The number of pyridine rings is 1. The number of carboxylic acids is 1. The molecule has 0 aromatic carbocycles. The summed E-state index contributed by atoms with van der Waals surface area (Å²) in [5.41, 5.74) is 0.115. The van der Waals surface area contributed by atoms with E-state index >= 15 is 0 Å². The van der Waals surface area contributed by atoms with Crippen LogP contribution < -0.4 is 4.90 Å². The van der Waals surface area contributed by atoms with Crippen LogP contribution in [0.1, 0.15) is 10.4 Å². The lowest BCUT2D eigenvalue weighted by Gasteiger charge is -2.15. The maximum Gasteiger partial charge on any atom is 0.337 e. The number of rotatable bonds is 2. The van der Waals surface area contributed by atoms with E-state index in [4.69, 9.17) is 5.11 Å². The third-order valence-corrected chi connectivity index (χ3v) is 2.58. The Balaban J connectivity index is 2.14.